The van der Waals surface area contributed by atoms with Crippen molar-refractivity contribution in [2.75, 3.05) is 10.2 Å². The van der Waals surface area contributed by atoms with Gasteiger partial charge in [-0.2, -0.15) is 0 Å². The summed E-state index contributed by atoms with van der Waals surface area (Å²) in [7, 11) is 0. The second-order valence-corrected chi connectivity index (χ2v) is 7.14. The molecule has 0 saturated carbocycles. The van der Waals surface area contributed by atoms with Crippen molar-refractivity contribution >= 4 is 39.9 Å². The van der Waals surface area contributed by atoms with Crippen LogP contribution in [-0.2, 0) is 9.59 Å². The summed E-state index contributed by atoms with van der Waals surface area (Å²) in [6, 6.07) is 9.08. The first-order valence-electron chi connectivity index (χ1n) is 8.60. The number of thiazole rings is 1. The van der Waals surface area contributed by atoms with Crippen LogP contribution in [0.1, 0.15) is 23.2 Å². The number of carbonyl (C=O) groups excluding carboxylic acids is 3. The molecule has 29 heavy (non-hydrogen) atoms. The Hall–Kier alpha value is -3.46. The average molecular weight is 413 g/mol. The molecule has 1 saturated heterocycles. The summed E-state index contributed by atoms with van der Waals surface area (Å²) >= 11 is 1.08. The third kappa shape index (κ3) is 3.77. The molecule has 6 nitrogen and oxygen atoms in total. The topological polar surface area (TPSA) is 79.4 Å². The number of imide groups is 1. The van der Waals surface area contributed by atoms with Crippen molar-refractivity contribution < 1.29 is 23.2 Å². The zero-order valence-corrected chi connectivity index (χ0v) is 15.6. The van der Waals surface area contributed by atoms with E-state index in [0.29, 0.717) is 11.3 Å². The van der Waals surface area contributed by atoms with Crippen LogP contribution in [0.25, 0.3) is 11.3 Å². The van der Waals surface area contributed by atoms with Gasteiger partial charge >= 0.3 is 0 Å². The second-order valence-electron chi connectivity index (χ2n) is 6.29. The summed E-state index contributed by atoms with van der Waals surface area (Å²) < 4.78 is 27.2. The number of nitrogens with zero attached hydrogens (tertiary/aromatic N) is 2. The molecule has 2 heterocycles. The molecule has 1 aromatic heterocycles. The minimum absolute atomic E-state index is 0.00560. The van der Waals surface area contributed by atoms with E-state index < -0.39 is 17.5 Å². The fourth-order valence-electron chi connectivity index (χ4n) is 2.94. The van der Waals surface area contributed by atoms with Gasteiger partial charge in [-0.25, -0.2) is 13.8 Å². The van der Waals surface area contributed by atoms with Gasteiger partial charge in [0.25, 0.3) is 5.91 Å². The largest absolute Gasteiger partial charge is 0.298 e. The van der Waals surface area contributed by atoms with E-state index in [9.17, 15) is 23.2 Å². The molecule has 9 heteroatoms. The van der Waals surface area contributed by atoms with Gasteiger partial charge in [0.05, 0.1) is 11.4 Å². The fraction of sp³-hybridized carbons (Fsp3) is 0.100. The number of hydrogen-bond donors (Lipinski definition) is 1. The number of anilines is 2. The van der Waals surface area contributed by atoms with Crippen molar-refractivity contribution in [1.82, 2.24) is 4.98 Å². The summed E-state index contributed by atoms with van der Waals surface area (Å²) in [5, 5.41) is 4.33. The van der Waals surface area contributed by atoms with Gasteiger partial charge in [-0.15, -0.1) is 11.3 Å². The minimum Gasteiger partial charge on any atom is -0.298 e. The number of aromatic nitrogens is 1. The number of halogens is 2. The van der Waals surface area contributed by atoms with Crippen LogP contribution in [-0.4, -0.2) is 22.7 Å². The molecule has 0 bridgehead atoms. The third-order valence-corrected chi connectivity index (χ3v) is 5.13. The first-order valence-corrected chi connectivity index (χ1v) is 9.48. The van der Waals surface area contributed by atoms with Gasteiger partial charge in [0, 0.05) is 29.3 Å². The van der Waals surface area contributed by atoms with Crippen molar-refractivity contribution in [3.05, 3.63) is 65.0 Å². The van der Waals surface area contributed by atoms with Gasteiger partial charge in [0.15, 0.2) is 5.13 Å². The Bertz CT molecular complexity index is 1110. The van der Waals surface area contributed by atoms with Crippen LogP contribution >= 0.6 is 11.3 Å². The molecule has 1 fully saturated rings. The van der Waals surface area contributed by atoms with E-state index in [4.69, 9.17) is 0 Å². The van der Waals surface area contributed by atoms with Crippen molar-refractivity contribution in [2.24, 2.45) is 0 Å². The molecule has 0 spiro atoms. The Balaban J connectivity index is 1.49. The molecule has 0 atom stereocenters. The molecule has 3 aromatic rings. The first kappa shape index (κ1) is 18.9. The number of benzene rings is 2. The SMILES string of the molecule is O=C(Nc1nc(-c2cc(F)ccc2F)cs1)c1ccc(N2C(=O)CCC2=O)cc1. The lowest BCUT2D eigenvalue weighted by atomic mass is 10.1. The number of nitrogens with one attached hydrogen (secondary N) is 1. The molecule has 0 radical (unpaired) electrons. The minimum atomic E-state index is -0.615. The Morgan fingerprint density at radius 1 is 1.03 bits per heavy atom. The molecule has 4 rings (SSSR count). The van der Waals surface area contributed by atoms with Crippen LogP contribution in [0.5, 0.6) is 0 Å². The predicted molar refractivity (Wildman–Crippen MR) is 104 cm³/mol. The van der Waals surface area contributed by atoms with E-state index in [-0.39, 0.29) is 41.0 Å². The molecule has 3 amide bonds. The van der Waals surface area contributed by atoms with E-state index in [1.165, 1.54) is 29.6 Å². The van der Waals surface area contributed by atoms with Crippen molar-refractivity contribution in [3.8, 4) is 11.3 Å². The summed E-state index contributed by atoms with van der Waals surface area (Å²) in [5.74, 6) is -2.21. The Labute approximate surface area is 167 Å². The molecule has 0 unspecified atom stereocenters. The fourth-order valence-corrected chi connectivity index (χ4v) is 3.65. The standard InChI is InChI=1S/C20H13F2N3O3S/c21-12-3-6-15(22)14(9-12)16-10-29-20(23-16)24-19(28)11-1-4-13(5-2-11)25-17(26)7-8-18(25)27/h1-6,9-10H,7-8H2,(H,23,24,28). The molecule has 1 aliphatic rings. The average Bonchev–Trinajstić information content (AvgIpc) is 3.30. The molecule has 146 valence electrons. The summed E-state index contributed by atoms with van der Waals surface area (Å²) in [5.41, 5.74) is 0.920. The van der Waals surface area contributed by atoms with Gasteiger partial charge in [-0.05, 0) is 42.5 Å². The lowest BCUT2D eigenvalue weighted by molar-refractivity contribution is -0.121. The summed E-state index contributed by atoms with van der Waals surface area (Å²) in [4.78, 5) is 41.2. The smallest absolute Gasteiger partial charge is 0.257 e. The lowest BCUT2D eigenvalue weighted by Gasteiger charge is -2.13. The predicted octanol–water partition coefficient (Wildman–Crippen LogP) is 3.99. The number of amides is 3. The van der Waals surface area contributed by atoms with E-state index >= 15 is 0 Å². The highest BCUT2D eigenvalue weighted by Gasteiger charge is 2.30. The Morgan fingerprint density at radius 3 is 2.41 bits per heavy atom. The monoisotopic (exact) mass is 413 g/mol. The third-order valence-electron chi connectivity index (χ3n) is 4.37. The van der Waals surface area contributed by atoms with Gasteiger partial charge < -0.3 is 0 Å². The van der Waals surface area contributed by atoms with Crippen LogP contribution in [0.4, 0.5) is 19.6 Å². The van der Waals surface area contributed by atoms with Crippen LogP contribution in [0, 0.1) is 11.6 Å². The molecular formula is C20H13F2N3O3S. The number of hydrogen-bond acceptors (Lipinski definition) is 5. The molecule has 0 aliphatic carbocycles. The van der Waals surface area contributed by atoms with Crippen molar-refractivity contribution in [2.45, 2.75) is 12.8 Å². The van der Waals surface area contributed by atoms with Gasteiger partial charge in [0.1, 0.15) is 11.6 Å². The lowest BCUT2D eigenvalue weighted by Crippen LogP contribution is -2.28. The zero-order chi connectivity index (χ0) is 20.5. The van der Waals surface area contributed by atoms with Crippen LogP contribution in [0.15, 0.2) is 47.8 Å². The van der Waals surface area contributed by atoms with E-state index in [1.54, 1.807) is 0 Å². The first-order chi connectivity index (χ1) is 13.9. The van der Waals surface area contributed by atoms with Gasteiger partial charge in [-0.3, -0.25) is 24.6 Å². The quantitative estimate of drug-likeness (QED) is 0.656. The number of carbonyl (C=O) groups is 3. The van der Waals surface area contributed by atoms with Crippen molar-refractivity contribution in [1.29, 1.82) is 0 Å². The van der Waals surface area contributed by atoms with E-state index in [1.807, 2.05) is 0 Å². The van der Waals surface area contributed by atoms with Crippen LogP contribution in [0.2, 0.25) is 0 Å². The van der Waals surface area contributed by atoms with Gasteiger partial charge in [0.2, 0.25) is 11.8 Å². The number of rotatable bonds is 4. The maximum atomic E-state index is 13.9. The summed E-state index contributed by atoms with van der Waals surface area (Å²) in [6.45, 7) is 0. The highest BCUT2D eigenvalue weighted by Crippen LogP contribution is 2.28. The highest BCUT2D eigenvalue weighted by molar-refractivity contribution is 7.14. The molecule has 1 N–H and O–H groups in total. The van der Waals surface area contributed by atoms with Crippen LogP contribution < -0.4 is 10.2 Å². The Kier molecular flexibility index (Phi) is 4.89. The maximum absolute atomic E-state index is 13.9. The Morgan fingerprint density at radius 2 is 1.72 bits per heavy atom. The zero-order valence-electron chi connectivity index (χ0n) is 14.8. The van der Waals surface area contributed by atoms with Crippen LogP contribution in [0.3, 0.4) is 0 Å². The van der Waals surface area contributed by atoms with Crippen molar-refractivity contribution in [3.63, 3.8) is 0 Å². The maximum Gasteiger partial charge on any atom is 0.257 e. The normalized spacial score (nSPS) is 13.8. The van der Waals surface area contributed by atoms with E-state index in [0.717, 1.165) is 34.4 Å². The molecular weight excluding hydrogens is 400 g/mol. The van der Waals surface area contributed by atoms with E-state index in [2.05, 4.69) is 10.3 Å². The second kappa shape index (κ2) is 7.51. The van der Waals surface area contributed by atoms with Gasteiger partial charge in [-0.1, -0.05) is 0 Å². The molecule has 1 aliphatic heterocycles. The highest BCUT2D eigenvalue weighted by atomic mass is 32.1. The summed E-state index contributed by atoms with van der Waals surface area (Å²) in [6.07, 6.45) is 0.360. The molecule has 2 aromatic carbocycles.